The van der Waals surface area contributed by atoms with Crippen LogP contribution in [0.4, 0.5) is 8.78 Å². The van der Waals surface area contributed by atoms with Gasteiger partial charge in [-0.15, -0.1) is 11.8 Å². The van der Waals surface area contributed by atoms with Gasteiger partial charge < -0.3 is 10.0 Å². The quantitative estimate of drug-likeness (QED) is 0.814. The molecule has 1 aromatic carbocycles. The number of aliphatic hydroxyl groups is 1. The number of nitrogens with zero attached hydrogens (tertiary/aromatic N) is 1. The first-order chi connectivity index (χ1) is 9.11. The van der Waals surface area contributed by atoms with Crippen LogP contribution >= 0.6 is 11.8 Å². The van der Waals surface area contributed by atoms with E-state index < -0.39 is 11.6 Å². The highest BCUT2D eigenvalue weighted by atomic mass is 32.2. The van der Waals surface area contributed by atoms with E-state index in [2.05, 4.69) is 0 Å². The third-order valence-electron chi connectivity index (χ3n) is 2.90. The summed E-state index contributed by atoms with van der Waals surface area (Å²) >= 11 is 1.17. The molecule has 1 aliphatic rings. The lowest BCUT2D eigenvalue weighted by atomic mass is 10.3. The van der Waals surface area contributed by atoms with Crippen molar-refractivity contribution in [1.82, 2.24) is 4.90 Å². The van der Waals surface area contributed by atoms with E-state index in [4.69, 9.17) is 5.11 Å². The average molecular weight is 287 g/mol. The Balaban J connectivity index is 1.89. The fourth-order valence-corrected chi connectivity index (χ4v) is 2.61. The number of benzene rings is 1. The summed E-state index contributed by atoms with van der Waals surface area (Å²) in [4.78, 5) is 14.1. The second-order valence-electron chi connectivity index (χ2n) is 4.41. The zero-order chi connectivity index (χ0) is 13.8. The molecule has 1 aliphatic carbocycles. The summed E-state index contributed by atoms with van der Waals surface area (Å²) < 4.78 is 25.8. The van der Waals surface area contributed by atoms with E-state index in [0.29, 0.717) is 11.4 Å². The van der Waals surface area contributed by atoms with Crippen LogP contribution in [-0.2, 0) is 4.79 Å². The molecule has 2 rings (SSSR count). The molecule has 1 saturated carbocycles. The van der Waals surface area contributed by atoms with Crippen molar-refractivity contribution in [2.75, 3.05) is 18.9 Å². The number of carbonyl (C=O) groups is 1. The maximum Gasteiger partial charge on any atom is 0.233 e. The Morgan fingerprint density at radius 1 is 1.37 bits per heavy atom. The topological polar surface area (TPSA) is 40.5 Å². The normalized spacial score (nSPS) is 14.5. The molecule has 1 aromatic rings. The fourth-order valence-electron chi connectivity index (χ4n) is 1.80. The van der Waals surface area contributed by atoms with E-state index in [9.17, 15) is 13.6 Å². The molecule has 1 amide bonds. The lowest BCUT2D eigenvalue weighted by molar-refractivity contribution is -0.129. The van der Waals surface area contributed by atoms with Gasteiger partial charge in [-0.2, -0.15) is 0 Å². The Morgan fingerprint density at radius 2 is 2.11 bits per heavy atom. The number of rotatable bonds is 6. The predicted molar refractivity (Wildman–Crippen MR) is 68.9 cm³/mol. The van der Waals surface area contributed by atoms with Crippen LogP contribution in [0.3, 0.4) is 0 Å². The van der Waals surface area contributed by atoms with Crippen molar-refractivity contribution in [2.24, 2.45) is 0 Å². The number of carbonyl (C=O) groups excluding carboxylic acids is 1. The molecule has 0 spiro atoms. The first-order valence-corrected chi connectivity index (χ1v) is 7.08. The van der Waals surface area contributed by atoms with Gasteiger partial charge >= 0.3 is 0 Å². The summed E-state index contributed by atoms with van der Waals surface area (Å²) in [5.74, 6) is -1.71. The van der Waals surface area contributed by atoms with Crippen LogP contribution in [0.25, 0.3) is 0 Å². The van der Waals surface area contributed by atoms with Crippen molar-refractivity contribution in [2.45, 2.75) is 23.8 Å². The maximum absolute atomic E-state index is 13.0. The number of hydrogen-bond donors (Lipinski definition) is 1. The van der Waals surface area contributed by atoms with Gasteiger partial charge in [0.25, 0.3) is 0 Å². The van der Waals surface area contributed by atoms with Gasteiger partial charge in [0.15, 0.2) is 11.6 Å². The summed E-state index contributed by atoms with van der Waals surface area (Å²) in [6.45, 7) is 0.278. The van der Waals surface area contributed by atoms with E-state index >= 15 is 0 Å². The highest BCUT2D eigenvalue weighted by Crippen LogP contribution is 2.28. The molecule has 0 aromatic heterocycles. The molecule has 1 fully saturated rings. The standard InChI is InChI=1S/C13H15F2NO2S/c14-11-4-3-10(7-12(11)15)19-8-13(18)16(5-6-17)9-1-2-9/h3-4,7,9,17H,1-2,5-6,8H2. The van der Waals surface area contributed by atoms with Crippen LogP contribution in [0, 0.1) is 11.6 Å². The van der Waals surface area contributed by atoms with Crippen LogP contribution in [0.2, 0.25) is 0 Å². The van der Waals surface area contributed by atoms with E-state index in [1.165, 1.54) is 17.8 Å². The fraction of sp³-hybridized carbons (Fsp3) is 0.462. The van der Waals surface area contributed by atoms with Crippen molar-refractivity contribution < 1.29 is 18.7 Å². The van der Waals surface area contributed by atoms with Gasteiger partial charge in [0.1, 0.15) is 0 Å². The first kappa shape index (κ1) is 14.3. The number of amides is 1. The number of halogens is 2. The second-order valence-corrected chi connectivity index (χ2v) is 5.46. The minimum atomic E-state index is -0.910. The van der Waals surface area contributed by atoms with Crippen molar-refractivity contribution >= 4 is 17.7 Å². The van der Waals surface area contributed by atoms with Crippen molar-refractivity contribution in [3.63, 3.8) is 0 Å². The highest BCUT2D eigenvalue weighted by Gasteiger charge is 2.31. The van der Waals surface area contributed by atoms with Gasteiger partial charge in [-0.3, -0.25) is 4.79 Å². The van der Waals surface area contributed by atoms with Gasteiger partial charge in [0.05, 0.1) is 12.4 Å². The van der Waals surface area contributed by atoms with Crippen molar-refractivity contribution in [1.29, 1.82) is 0 Å². The van der Waals surface area contributed by atoms with Crippen LogP contribution in [0.5, 0.6) is 0 Å². The van der Waals surface area contributed by atoms with E-state index in [1.54, 1.807) is 4.90 Å². The van der Waals surface area contributed by atoms with Crippen molar-refractivity contribution in [3.8, 4) is 0 Å². The molecule has 0 saturated heterocycles. The lowest BCUT2D eigenvalue weighted by Gasteiger charge is -2.21. The van der Waals surface area contributed by atoms with Crippen molar-refractivity contribution in [3.05, 3.63) is 29.8 Å². The number of hydrogen-bond acceptors (Lipinski definition) is 3. The van der Waals surface area contributed by atoms with Gasteiger partial charge in [0, 0.05) is 17.5 Å². The van der Waals surface area contributed by atoms with Gasteiger partial charge in [-0.1, -0.05) is 0 Å². The highest BCUT2D eigenvalue weighted by molar-refractivity contribution is 8.00. The maximum atomic E-state index is 13.0. The minimum Gasteiger partial charge on any atom is -0.395 e. The molecule has 0 unspecified atom stereocenters. The lowest BCUT2D eigenvalue weighted by Crippen LogP contribution is -2.36. The number of aliphatic hydroxyl groups excluding tert-OH is 1. The van der Waals surface area contributed by atoms with E-state index in [0.717, 1.165) is 25.0 Å². The molecule has 104 valence electrons. The van der Waals surface area contributed by atoms with Gasteiger partial charge in [-0.05, 0) is 31.0 Å². The monoisotopic (exact) mass is 287 g/mol. The average Bonchev–Trinajstić information content (AvgIpc) is 3.21. The van der Waals surface area contributed by atoms with Gasteiger partial charge in [0.2, 0.25) is 5.91 Å². The molecule has 3 nitrogen and oxygen atoms in total. The Bertz CT molecular complexity index is 466. The largest absolute Gasteiger partial charge is 0.395 e. The summed E-state index contributed by atoms with van der Waals surface area (Å²) in [6.07, 6.45) is 1.95. The zero-order valence-corrected chi connectivity index (χ0v) is 11.1. The summed E-state index contributed by atoms with van der Waals surface area (Å²) in [6, 6.07) is 3.82. The smallest absolute Gasteiger partial charge is 0.233 e. The number of thioether (sulfide) groups is 1. The Labute approximate surface area is 114 Å². The van der Waals surface area contributed by atoms with Crippen LogP contribution in [-0.4, -0.2) is 40.9 Å². The van der Waals surface area contributed by atoms with E-state index in [1.807, 2.05) is 0 Å². The summed E-state index contributed by atoms with van der Waals surface area (Å²) in [5.41, 5.74) is 0. The summed E-state index contributed by atoms with van der Waals surface area (Å²) in [7, 11) is 0. The molecule has 0 bridgehead atoms. The molecule has 1 N–H and O–H groups in total. The third kappa shape index (κ3) is 3.91. The molecular weight excluding hydrogens is 272 g/mol. The Hall–Kier alpha value is -1.14. The molecular formula is C13H15F2NO2S. The Kier molecular flexibility index (Phi) is 4.76. The molecule has 0 atom stereocenters. The summed E-state index contributed by atoms with van der Waals surface area (Å²) in [5, 5.41) is 8.92. The first-order valence-electron chi connectivity index (χ1n) is 6.10. The Morgan fingerprint density at radius 3 is 2.68 bits per heavy atom. The second kappa shape index (κ2) is 6.34. The molecule has 19 heavy (non-hydrogen) atoms. The van der Waals surface area contributed by atoms with Gasteiger partial charge in [-0.25, -0.2) is 8.78 Å². The predicted octanol–water partition coefficient (Wildman–Crippen LogP) is 2.04. The van der Waals surface area contributed by atoms with E-state index in [-0.39, 0.29) is 24.3 Å². The zero-order valence-electron chi connectivity index (χ0n) is 10.3. The third-order valence-corrected chi connectivity index (χ3v) is 3.88. The minimum absolute atomic E-state index is 0.0575. The van der Waals surface area contributed by atoms with Crippen LogP contribution < -0.4 is 0 Å². The van der Waals surface area contributed by atoms with Crippen LogP contribution in [0.15, 0.2) is 23.1 Å². The SMILES string of the molecule is O=C(CSc1ccc(F)c(F)c1)N(CCO)C1CC1. The van der Waals surface area contributed by atoms with Crippen LogP contribution in [0.1, 0.15) is 12.8 Å². The molecule has 0 radical (unpaired) electrons. The molecule has 0 aliphatic heterocycles. The molecule has 0 heterocycles. The molecule has 6 heteroatoms.